The molecule has 3 rings (SSSR count). The van der Waals surface area contributed by atoms with Crippen LogP contribution in [0.4, 0.5) is 17.3 Å². The maximum atomic E-state index is 12.2. The average molecular weight is 390 g/mol. The van der Waals surface area contributed by atoms with Crippen LogP contribution in [0.3, 0.4) is 0 Å². The number of benzene rings is 1. The van der Waals surface area contributed by atoms with Gasteiger partial charge in [0.25, 0.3) is 5.91 Å². The van der Waals surface area contributed by atoms with Crippen molar-refractivity contribution in [1.82, 2.24) is 20.3 Å². The molecule has 1 amide bonds. The Morgan fingerprint density at radius 2 is 2.07 bits per heavy atom. The number of nitrogen functional groups attached to an aromatic ring is 1. The molecule has 1 saturated heterocycles. The summed E-state index contributed by atoms with van der Waals surface area (Å²) in [5.41, 5.74) is 12.5. The topological polar surface area (TPSA) is 99.4 Å². The van der Waals surface area contributed by atoms with Crippen LogP contribution in [0.15, 0.2) is 30.6 Å². The van der Waals surface area contributed by atoms with Gasteiger partial charge in [0.15, 0.2) is 11.6 Å². The summed E-state index contributed by atoms with van der Waals surface area (Å²) in [7, 11) is 4.11. The first-order chi connectivity index (χ1) is 13.0. The second-order valence-corrected chi connectivity index (χ2v) is 7.13. The summed E-state index contributed by atoms with van der Waals surface area (Å²) in [5.74, 6) is 0.676. The van der Waals surface area contributed by atoms with Crippen molar-refractivity contribution in [3.05, 3.63) is 41.2 Å². The molecule has 1 fully saturated rings. The molecule has 144 valence electrons. The molecule has 27 heavy (non-hydrogen) atoms. The van der Waals surface area contributed by atoms with Gasteiger partial charge in [-0.1, -0.05) is 17.7 Å². The summed E-state index contributed by atoms with van der Waals surface area (Å²) >= 11 is 5.92. The van der Waals surface area contributed by atoms with E-state index in [1.807, 2.05) is 7.05 Å². The third kappa shape index (κ3) is 4.58. The van der Waals surface area contributed by atoms with Crippen LogP contribution in [0.2, 0.25) is 5.02 Å². The van der Waals surface area contributed by atoms with Gasteiger partial charge in [-0.25, -0.2) is 9.97 Å². The zero-order valence-corrected chi connectivity index (χ0v) is 16.2. The Hall–Kier alpha value is -2.58. The zero-order chi connectivity index (χ0) is 19.4. The van der Waals surface area contributed by atoms with Gasteiger partial charge in [0.1, 0.15) is 12.0 Å². The van der Waals surface area contributed by atoms with E-state index in [9.17, 15) is 4.79 Å². The Bertz CT molecular complexity index is 808. The Morgan fingerprint density at radius 3 is 2.78 bits per heavy atom. The highest BCUT2D eigenvalue weighted by atomic mass is 35.5. The van der Waals surface area contributed by atoms with E-state index in [0.717, 1.165) is 25.9 Å². The van der Waals surface area contributed by atoms with E-state index < -0.39 is 0 Å². The van der Waals surface area contributed by atoms with Crippen molar-refractivity contribution < 1.29 is 4.79 Å². The fraction of sp³-hybridized carbons (Fsp3) is 0.389. The van der Waals surface area contributed by atoms with Crippen LogP contribution in [0.5, 0.6) is 0 Å². The number of rotatable bonds is 5. The van der Waals surface area contributed by atoms with Crippen molar-refractivity contribution in [3.63, 3.8) is 0 Å². The number of nitrogens with zero attached hydrogens (tertiary/aromatic N) is 4. The summed E-state index contributed by atoms with van der Waals surface area (Å²) in [6, 6.07) is 7.05. The second-order valence-electron chi connectivity index (χ2n) is 6.69. The smallest absolute Gasteiger partial charge is 0.269 e. The quantitative estimate of drug-likeness (QED) is 0.672. The van der Waals surface area contributed by atoms with Crippen molar-refractivity contribution >= 4 is 34.8 Å². The fourth-order valence-electron chi connectivity index (χ4n) is 3.14. The lowest BCUT2D eigenvalue weighted by molar-refractivity contribution is 0.0962. The molecule has 1 aliphatic heterocycles. The first-order valence-corrected chi connectivity index (χ1v) is 9.17. The number of hydrogen-bond donors (Lipinski definition) is 3. The van der Waals surface area contributed by atoms with E-state index in [2.05, 4.69) is 37.7 Å². The lowest BCUT2D eigenvalue weighted by Gasteiger charge is -2.36. The third-order valence-electron chi connectivity index (χ3n) is 4.81. The molecule has 2 heterocycles. The number of aromatic nitrogens is 2. The van der Waals surface area contributed by atoms with Crippen molar-refractivity contribution in [2.45, 2.75) is 18.9 Å². The summed E-state index contributed by atoms with van der Waals surface area (Å²) in [6.07, 6.45) is 3.53. The van der Waals surface area contributed by atoms with E-state index >= 15 is 0 Å². The predicted molar refractivity (Wildman–Crippen MR) is 108 cm³/mol. The van der Waals surface area contributed by atoms with Crippen molar-refractivity contribution in [1.29, 1.82) is 0 Å². The first-order valence-electron chi connectivity index (χ1n) is 8.79. The molecule has 4 N–H and O–H groups in total. The minimum absolute atomic E-state index is 0.333. The highest BCUT2D eigenvalue weighted by molar-refractivity contribution is 6.30. The average Bonchev–Trinajstić information content (AvgIpc) is 2.67. The lowest BCUT2D eigenvalue weighted by Crippen LogP contribution is -2.42. The molecule has 0 unspecified atom stereocenters. The summed E-state index contributed by atoms with van der Waals surface area (Å²) < 4.78 is 0. The summed E-state index contributed by atoms with van der Waals surface area (Å²) in [5, 5.41) is 0.492. The Labute approximate surface area is 163 Å². The van der Waals surface area contributed by atoms with Crippen LogP contribution in [-0.2, 0) is 0 Å². The molecule has 1 aliphatic rings. The molecule has 0 bridgehead atoms. The van der Waals surface area contributed by atoms with E-state index in [4.69, 9.17) is 17.3 Å². The van der Waals surface area contributed by atoms with Crippen LogP contribution in [0.25, 0.3) is 0 Å². The number of hydrogen-bond acceptors (Lipinski definition) is 7. The fourth-order valence-corrected chi connectivity index (χ4v) is 3.33. The van der Waals surface area contributed by atoms with Gasteiger partial charge in [0.2, 0.25) is 0 Å². The molecule has 1 aromatic carbocycles. The van der Waals surface area contributed by atoms with Gasteiger partial charge >= 0.3 is 0 Å². The van der Waals surface area contributed by atoms with Crippen LogP contribution < -0.4 is 21.5 Å². The molecular formula is C18H24ClN7O. The number of hydrazine groups is 1. The molecular weight excluding hydrogens is 366 g/mol. The van der Waals surface area contributed by atoms with Crippen LogP contribution in [0, 0.1) is 0 Å². The van der Waals surface area contributed by atoms with E-state index in [0.29, 0.717) is 34.0 Å². The minimum Gasteiger partial charge on any atom is -0.393 e. The van der Waals surface area contributed by atoms with E-state index in [1.165, 1.54) is 6.33 Å². The molecule has 0 atom stereocenters. The summed E-state index contributed by atoms with van der Waals surface area (Å²) in [4.78, 5) is 25.1. The Morgan fingerprint density at radius 1 is 1.33 bits per heavy atom. The van der Waals surface area contributed by atoms with Gasteiger partial charge in [-0.05, 0) is 51.2 Å². The monoisotopic (exact) mass is 389 g/mol. The maximum absolute atomic E-state index is 12.2. The second kappa shape index (κ2) is 8.41. The highest BCUT2D eigenvalue weighted by Gasteiger charge is 2.24. The largest absolute Gasteiger partial charge is 0.393 e. The van der Waals surface area contributed by atoms with Crippen molar-refractivity contribution in [3.8, 4) is 0 Å². The number of carbonyl (C=O) groups is 1. The van der Waals surface area contributed by atoms with Gasteiger partial charge in [0.05, 0.1) is 0 Å². The highest BCUT2D eigenvalue weighted by Crippen LogP contribution is 2.28. The number of piperidine rings is 1. The molecule has 1 aromatic heterocycles. The van der Waals surface area contributed by atoms with Gasteiger partial charge < -0.3 is 15.5 Å². The normalized spacial score (nSPS) is 15.4. The number of halogens is 1. The number of carbonyl (C=O) groups excluding carboxylic acids is 1. The SMILES string of the molecule is CN1CCC(N(C)c2ncnc(NNC(=O)c3cccc(Cl)c3)c2N)CC1. The number of nitrogens with two attached hydrogens (primary N) is 1. The Kier molecular flexibility index (Phi) is 5.98. The molecule has 0 aliphatic carbocycles. The first kappa shape index (κ1) is 19.2. The van der Waals surface area contributed by atoms with Crippen molar-refractivity contribution in [2.24, 2.45) is 0 Å². The maximum Gasteiger partial charge on any atom is 0.269 e. The van der Waals surface area contributed by atoms with Crippen LogP contribution in [0.1, 0.15) is 23.2 Å². The molecule has 9 heteroatoms. The lowest BCUT2D eigenvalue weighted by atomic mass is 10.0. The molecule has 2 aromatic rings. The minimum atomic E-state index is -0.333. The van der Waals surface area contributed by atoms with E-state index in [1.54, 1.807) is 24.3 Å². The van der Waals surface area contributed by atoms with Gasteiger partial charge in [0, 0.05) is 23.7 Å². The number of amides is 1. The molecule has 0 saturated carbocycles. The van der Waals surface area contributed by atoms with Crippen LogP contribution in [-0.4, -0.2) is 54.0 Å². The zero-order valence-electron chi connectivity index (χ0n) is 15.4. The number of likely N-dealkylation sites (tertiary alicyclic amines) is 1. The predicted octanol–water partition coefficient (Wildman–Crippen LogP) is 2.00. The van der Waals surface area contributed by atoms with Crippen LogP contribution >= 0.6 is 11.6 Å². The van der Waals surface area contributed by atoms with Gasteiger partial charge in [-0.15, -0.1) is 0 Å². The molecule has 0 radical (unpaired) electrons. The Balaban J connectivity index is 1.68. The van der Waals surface area contributed by atoms with E-state index in [-0.39, 0.29) is 5.91 Å². The third-order valence-corrected chi connectivity index (χ3v) is 5.05. The number of nitrogens with one attached hydrogen (secondary N) is 2. The molecule has 0 spiro atoms. The summed E-state index contributed by atoms with van der Waals surface area (Å²) in [6.45, 7) is 2.08. The van der Waals surface area contributed by atoms with Gasteiger partial charge in [-0.3, -0.25) is 15.6 Å². The van der Waals surface area contributed by atoms with Crippen molar-refractivity contribution in [2.75, 3.05) is 43.2 Å². The number of anilines is 3. The molecule has 8 nitrogen and oxygen atoms in total. The standard InChI is InChI=1S/C18H24ClN7O/c1-25-8-6-14(7-9-25)26(2)17-15(20)16(21-11-22-17)23-24-18(27)12-4-3-5-13(19)10-12/h3-5,10-11,14H,6-9,20H2,1-2H3,(H,24,27)(H,21,22,23). The van der Waals surface area contributed by atoms with Gasteiger partial charge in [-0.2, -0.15) is 0 Å².